The minimum Gasteiger partial charge on any atom is -0.478 e. The Balaban J connectivity index is 2.20. The molecule has 4 heteroatoms. The number of carboxylic acid groups (broad SMARTS) is 1. The van der Waals surface area contributed by atoms with E-state index < -0.39 is 5.97 Å². The third kappa shape index (κ3) is 2.89. The highest BCUT2D eigenvalue weighted by atomic mass is 16.5. The summed E-state index contributed by atoms with van der Waals surface area (Å²) in [6.45, 7) is 6.03. The first kappa shape index (κ1) is 13.9. The van der Waals surface area contributed by atoms with E-state index in [4.69, 9.17) is 9.84 Å². The van der Waals surface area contributed by atoms with E-state index in [9.17, 15) is 4.79 Å². The van der Waals surface area contributed by atoms with Crippen LogP contribution in [-0.4, -0.2) is 37.4 Å². The van der Waals surface area contributed by atoms with Gasteiger partial charge in [0, 0.05) is 25.9 Å². The average molecular weight is 263 g/mol. The summed E-state index contributed by atoms with van der Waals surface area (Å²) in [5.74, 6) is -0.309. The predicted octanol–water partition coefficient (Wildman–Crippen LogP) is 2.55. The summed E-state index contributed by atoms with van der Waals surface area (Å²) in [5, 5.41) is 8.99. The van der Waals surface area contributed by atoms with Crippen molar-refractivity contribution in [2.75, 3.05) is 25.1 Å². The number of benzene rings is 1. The summed E-state index contributed by atoms with van der Waals surface area (Å²) in [6.07, 6.45) is 1.34. The van der Waals surface area contributed by atoms with Gasteiger partial charge in [-0.15, -0.1) is 0 Å². The van der Waals surface area contributed by atoms with Gasteiger partial charge in [-0.05, 0) is 43.0 Å². The van der Waals surface area contributed by atoms with E-state index >= 15 is 0 Å². The normalized spacial score (nSPS) is 23.4. The maximum atomic E-state index is 10.9. The van der Waals surface area contributed by atoms with E-state index in [1.807, 2.05) is 13.0 Å². The van der Waals surface area contributed by atoms with E-state index in [1.54, 1.807) is 19.2 Å². The molecule has 0 amide bonds. The first-order valence-corrected chi connectivity index (χ1v) is 6.64. The fourth-order valence-electron chi connectivity index (χ4n) is 2.70. The number of rotatable bonds is 3. The molecule has 19 heavy (non-hydrogen) atoms. The predicted molar refractivity (Wildman–Crippen MR) is 74.9 cm³/mol. The van der Waals surface area contributed by atoms with Crippen LogP contribution >= 0.6 is 0 Å². The van der Waals surface area contributed by atoms with E-state index in [-0.39, 0.29) is 6.10 Å². The highest BCUT2D eigenvalue weighted by Gasteiger charge is 2.26. The number of aromatic carboxylic acids is 1. The van der Waals surface area contributed by atoms with Crippen molar-refractivity contribution in [3.63, 3.8) is 0 Å². The highest BCUT2D eigenvalue weighted by Crippen LogP contribution is 2.27. The Morgan fingerprint density at radius 2 is 2.21 bits per heavy atom. The van der Waals surface area contributed by atoms with E-state index in [1.165, 1.54) is 0 Å². The van der Waals surface area contributed by atoms with Gasteiger partial charge in [0.05, 0.1) is 11.7 Å². The molecule has 0 aliphatic carbocycles. The van der Waals surface area contributed by atoms with Crippen molar-refractivity contribution >= 4 is 11.7 Å². The van der Waals surface area contributed by atoms with Crippen molar-refractivity contribution < 1.29 is 14.6 Å². The Hall–Kier alpha value is -1.55. The summed E-state index contributed by atoms with van der Waals surface area (Å²) < 4.78 is 5.52. The molecule has 0 aromatic heterocycles. The number of ether oxygens (including phenoxy) is 1. The zero-order chi connectivity index (χ0) is 14.0. The number of piperidine rings is 1. The lowest BCUT2D eigenvalue weighted by atomic mass is 9.94. The number of hydrogen-bond acceptors (Lipinski definition) is 3. The van der Waals surface area contributed by atoms with Crippen molar-refractivity contribution in [1.29, 1.82) is 0 Å². The van der Waals surface area contributed by atoms with Crippen molar-refractivity contribution in [3.05, 3.63) is 29.3 Å². The molecular weight excluding hydrogens is 242 g/mol. The first-order valence-electron chi connectivity index (χ1n) is 6.64. The Morgan fingerprint density at radius 1 is 1.47 bits per heavy atom. The molecule has 1 aromatic carbocycles. The quantitative estimate of drug-likeness (QED) is 0.910. The molecule has 2 unspecified atom stereocenters. The lowest BCUT2D eigenvalue weighted by molar-refractivity contribution is 0.0498. The number of anilines is 1. The Morgan fingerprint density at radius 3 is 2.79 bits per heavy atom. The van der Waals surface area contributed by atoms with Crippen LogP contribution < -0.4 is 4.90 Å². The molecule has 1 saturated heterocycles. The molecule has 1 aliphatic rings. The van der Waals surface area contributed by atoms with Crippen molar-refractivity contribution in [2.24, 2.45) is 5.92 Å². The van der Waals surface area contributed by atoms with Crippen LogP contribution in [0.15, 0.2) is 18.2 Å². The molecule has 104 valence electrons. The molecule has 0 bridgehead atoms. The molecule has 1 heterocycles. The van der Waals surface area contributed by atoms with Crippen LogP contribution in [0.25, 0.3) is 0 Å². The fourth-order valence-corrected chi connectivity index (χ4v) is 2.70. The molecule has 1 fully saturated rings. The van der Waals surface area contributed by atoms with Crippen LogP contribution in [0.2, 0.25) is 0 Å². The Labute approximate surface area is 114 Å². The van der Waals surface area contributed by atoms with Crippen LogP contribution in [0.1, 0.15) is 29.3 Å². The molecule has 0 spiro atoms. The van der Waals surface area contributed by atoms with Crippen molar-refractivity contribution in [2.45, 2.75) is 26.4 Å². The third-order valence-corrected chi connectivity index (χ3v) is 3.98. The number of methoxy groups -OCH3 is 1. The fraction of sp³-hybridized carbons (Fsp3) is 0.533. The van der Waals surface area contributed by atoms with Crippen LogP contribution in [0.3, 0.4) is 0 Å². The van der Waals surface area contributed by atoms with Crippen LogP contribution in [-0.2, 0) is 4.74 Å². The second kappa shape index (κ2) is 5.61. The molecule has 1 aliphatic heterocycles. The summed E-state index contributed by atoms with van der Waals surface area (Å²) in [5.41, 5.74) is 2.46. The zero-order valence-electron chi connectivity index (χ0n) is 11.7. The first-order chi connectivity index (χ1) is 9.02. The minimum atomic E-state index is -0.878. The molecule has 2 rings (SSSR count). The topological polar surface area (TPSA) is 49.8 Å². The molecule has 4 nitrogen and oxygen atoms in total. The van der Waals surface area contributed by atoms with Gasteiger partial charge >= 0.3 is 5.97 Å². The van der Waals surface area contributed by atoms with Crippen molar-refractivity contribution in [3.8, 4) is 0 Å². The van der Waals surface area contributed by atoms with E-state index in [0.29, 0.717) is 11.5 Å². The van der Waals surface area contributed by atoms with Gasteiger partial charge in [-0.25, -0.2) is 4.79 Å². The lowest BCUT2D eigenvalue weighted by Gasteiger charge is -2.38. The maximum absolute atomic E-state index is 10.9. The summed E-state index contributed by atoms with van der Waals surface area (Å²) in [7, 11) is 1.76. The number of carbonyl (C=O) groups is 1. The van der Waals surface area contributed by atoms with Gasteiger partial charge in [0.25, 0.3) is 0 Å². The average Bonchev–Trinajstić information content (AvgIpc) is 2.39. The molecule has 0 saturated carbocycles. The van der Waals surface area contributed by atoms with Gasteiger partial charge in [0.2, 0.25) is 0 Å². The summed E-state index contributed by atoms with van der Waals surface area (Å²) in [4.78, 5) is 13.2. The molecule has 1 N–H and O–H groups in total. The molecular formula is C15H21NO3. The SMILES string of the molecule is COC1CN(c2ccc(C(=O)O)cc2C)CCC1C. The minimum absolute atomic E-state index is 0.243. The molecule has 1 aromatic rings. The van der Waals surface area contributed by atoms with Crippen molar-refractivity contribution in [1.82, 2.24) is 0 Å². The van der Waals surface area contributed by atoms with E-state index in [0.717, 1.165) is 30.8 Å². The third-order valence-electron chi connectivity index (χ3n) is 3.98. The Kier molecular flexibility index (Phi) is 4.10. The largest absolute Gasteiger partial charge is 0.478 e. The summed E-state index contributed by atoms with van der Waals surface area (Å²) >= 11 is 0. The van der Waals surface area contributed by atoms with Gasteiger partial charge in [-0.1, -0.05) is 6.92 Å². The second-order valence-electron chi connectivity index (χ2n) is 5.29. The Bertz CT molecular complexity index is 472. The smallest absolute Gasteiger partial charge is 0.335 e. The number of hydrogen-bond donors (Lipinski definition) is 1. The van der Waals surface area contributed by atoms with E-state index in [2.05, 4.69) is 11.8 Å². The number of nitrogens with zero attached hydrogens (tertiary/aromatic N) is 1. The highest BCUT2D eigenvalue weighted by molar-refractivity contribution is 5.88. The molecule has 2 atom stereocenters. The zero-order valence-corrected chi connectivity index (χ0v) is 11.7. The van der Waals surface area contributed by atoms with Gasteiger partial charge in [-0.2, -0.15) is 0 Å². The standard InChI is InChI=1S/C15H21NO3/c1-10-6-7-16(9-14(10)19-3)13-5-4-12(15(17)18)8-11(13)2/h4-5,8,10,14H,6-7,9H2,1-3H3,(H,17,18). The second-order valence-corrected chi connectivity index (χ2v) is 5.29. The van der Waals surface area contributed by atoms with Crippen LogP contribution in [0.5, 0.6) is 0 Å². The number of carboxylic acids is 1. The van der Waals surface area contributed by atoms with Gasteiger partial charge in [-0.3, -0.25) is 0 Å². The maximum Gasteiger partial charge on any atom is 0.335 e. The van der Waals surface area contributed by atoms with Gasteiger partial charge < -0.3 is 14.7 Å². The monoisotopic (exact) mass is 263 g/mol. The lowest BCUT2D eigenvalue weighted by Crippen LogP contribution is -2.44. The van der Waals surface area contributed by atoms with Gasteiger partial charge in [0.15, 0.2) is 0 Å². The van der Waals surface area contributed by atoms with Gasteiger partial charge in [0.1, 0.15) is 0 Å². The van der Waals surface area contributed by atoms with Crippen LogP contribution in [0.4, 0.5) is 5.69 Å². The summed E-state index contributed by atoms with van der Waals surface area (Å²) in [6, 6.07) is 5.31. The molecule has 0 radical (unpaired) electrons. The number of aryl methyl sites for hydroxylation is 1. The van der Waals surface area contributed by atoms with Crippen LogP contribution in [0, 0.1) is 12.8 Å².